The number of non-ortho nitro benzene ring substituents is 1. The Balaban J connectivity index is 1.74. The van der Waals surface area contributed by atoms with Crippen LogP contribution in [0.3, 0.4) is 0 Å². The number of nitrogens with two attached hydrogens (primary N) is 1. The molecule has 3 aliphatic rings. The molecule has 1 aliphatic heterocycles. The molecule has 0 fully saturated rings. The van der Waals surface area contributed by atoms with Gasteiger partial charge in [-0.1, -0.05) is 18.6 Å². The highest BCUT2D eigenvalue weighted by Gasteiger charge is 2.42. The molecule has 1 atom stereocenters. The number of nitriles is 2. The third kappa shape index (κ3) is 3.69. The van der Waals surface area contributed by atoms with Crippen molar-refractivity contribution in [3.05, 3.63) is 78.6 Å². The Morgan fingerprint density at radius 1 is 1.09 bits per heavy atom. The van der Waals surface area contributed by atoms with Gasteiger partial charge >= 0.3 is 0 Å². The summed E-state index contributed by atoms with van der Waals surface area (Å²) in [5.74, 6) is -0.683. The van der Waals surface area contributed by atoms with E-state index in [4.69, 9.17) is 5.73 Å². The number of ketones is 1. The van der Waals surface area contributed by atoms with Crippen LogP contribution in [0.1, 0.15) is 66.0 Å². The van der Waals surface area contributed by atoms with Gasteiger partial charge in [-0.25, -0.2) is 0 Å². The zero-order valence-electron chi connectivity index (χ0n) is 19.0. The van der Waals surface area contributed by atoms with Crippen molar-refractivity contribution in [1.29, 1.82) is 10.5 Å². The van der Waals surface area contributed by atoms with Crippen LogP contribution in [-0.4, -0.2) is 10.7 Å². The predicted octanol–water partition coefficient (Wildman–Crippen LogP) is 5.10. The fourth-order valence-electron chi connectivity index (χ4n) is 5.47. The molecule has 0 bridgehead atoms. The summed E-state index contributed by atoms with van der Waals surface area (Å²) in [6, 6.07) is 10.6. The number of benzene rings is 1. The van der Waals surface area contributed by atoms with E-state index in [1.807, 2.05) is 0 Å². The molecule has 1 unspecified atom stereocenters. The van der Waals surface area contributed by atoms with Crippen LogP contribution in [-0.2, 0) is 17.6 Å². The van der Waals surface area contributed by atoms with Gasteiger partial charge in [-0.15, -0.1) is 11.3 Å². The Kier molecular flexibility index (Phi) is 5.88. The Labute approximate surface area is 206 Å². The number of carbonyl (C=O) groups excluding carboxylic acids is 1. The normalized spacial score (nSPS) is 20.0. The molecule has 0 amide bonds. The average Bonchev–Trinajstić information content (AvgIpc) is 3.03. The summed E-state index contributed by atoms with van der Waals surface area (Å²) in [6.07, 6.45) is 6.49. The van der Waals surface area contributed by atoms with Gasteiger partial charge in [0.2, 0.25) is 0 Å². The van der Waals surface area contributed by atoms with E-state index in [-0.39, 0.29) is 22.9 Å². The maximum absolute atomic E-state index is 13.3. The number of hydrogen-bond acceptors (Lipinski definition) is 8. The third-order valence-corrected chi connectivity index (χ3v) is 8.32. The quantitative estimate of drug-likeness (QED) is 0.362. The van der Waals surface area contributed by atoms with Crippen LogP contribution in [0.15, 0.2) is 46.9 Å². The van der Waals surface area contributed by atoms with E-state index in [2.05, 4.69) is 12.1 Å². The molecule has 176 valence electrons. The second-order valence-electron chi connectivity index (χ2n) is 9.02. The number of allylic oxidation sites excluding steroid dienone is 3. The number of rotatable bonds is 3. The van der Waals surface area contributed by atoms with Crippen molar-refractivity contribution in [2.24, 2.45) is 5.73 Å². The van der Waals surface area contributed by atoms with Crippen molar-refractivity contribution in [3.63, 3.8) is 0 Å². The number of hydrogen-bond donors (Lipinski definition) is 1. The first kappa shape index (κ1) is 22.8. The van der Waals surface area contributed by atoms with Crippen molar-refractivity contribution >= 4 is 27.8 Å². The Morgan fingerprint density at radius 2 is 1.89 bits per heavy atom. The minimum absolute atomic E-state index is 0.0929. The average molecular weight is 486 g/mol. The van der Waals surface area contributed by atoms with E-state index in [1.165, 1.54) is 28.3 Å². The topological polar surface area (TPSA) is 137 Å². The standard InChI is InChI=1S/C26H23N5O3S/c27-13-18-17-8-2-1-3-11-22(17)35-26(18)30-20-9-5-10-21(32)24(20)23(19(14-28)25(30)29)15-6-4-7-16(12-15)31(33)34/h4,6-7,12,23H,1-3,5,8-11,29H2. The molecule has 1 aromatic heterocycles. The SMILES string of the molecule is N#CC1=C(N)N(c2sc3c(c2C#N)CCCCC3)C2=C(C(=O)CCC2)C1c1cccc([N+](=O)[O-])c1. The summed E-state index contributed by atoms with van der Waals surface area (Å²) in [4.78, 5) is 27.2. The Hall–Kier alpha value is -3.95. The molecule has 2 heterocycles. The van der Waals surface area contributed by atoms with E-state index in [0.29, 0.717) is 46.7 Å². The van der Waals surface area contributed by atoms with E-state index in [0.717, 1.165) is 37.7 Å². The molecule has 2 N–H and O–H groups in total. The minimum Gasteiger partial charge on any atom is -0.384 e. The summed E-state index contributed by atoms with van der Waals surface area (Å²) in [5, 5.41) is 32.4. The fourth-order valence-corrected chi connectivity index (χ4v) is 6.85. The van der Waals surface area contributed by atoms with Gasteiger partial charge in [0.1, 0.15) is 16.9 Å². The second kappa shape index (κ2) is 9.01. The molecule has 1 aromatic carbocycles. The number of Topliss-reactive ketones (excluding diaryl/α,β-unsaturated/α-hetero) is 1. The number of anilines is 1. The van der Waals surface area contributed by atoms with Crippen molar-refractivity contribution in [3.8, 4) is 12.1 Å². The van der Waals surface area contributed by atoms with Crippen LogP contribution in [0.4, 0.5) is 10.7 Å². The summed E-state index contributed by atoms with van der Waals surface area (Å²) in [5.41, 5.74) is 9.99. The van der Waals surface area contributed by atoms with Crippen LogP contribution in [0, 0.1) is 32.8 Å². The van der Waals surface area contributed by atoms with Gasteiger partial charge < -0.3 is 5.73 Å². The van der Waals surface area contributed by atoms with Crippen LogP contribution < -0.4 is 10.6 Å². The molecule has 0 radical (unpaired) electrons. The van der Waals surface area contributed by atoms with Gasteiger partial charge in [-0.05, 0) is 49.7 Å². The van der Waals surface area contributed by atoms with Gasteiger partial charge in [0.05, 0.1) is 28.0 Å². The number of thiophene rings is 1. The van der Waals surface area contributed by atoms with Gasteiger partial charge in [-0.2, -0.15) is 10.5 Å². The molecular formula is C26H23N5O3S. The molecule has 2 aliphatic carbocycles. The van der Waals surface area contributed by atoms with Crippen molar-refractivity contribution < 1.29 is 9.72 Å². The van der Waals surface area contributed by atoms with Gasteiger partial charge in [-0.3, -0.25) is 19.8 Å². The monoisotopic (exact) mass is 485 g/mol. The van der Waals surface area contributed by atoms with E-state index < -0.39 is 10.8 Å². The molecule has 0 spiro atoms. The van der Waals surface area contributed by atoms with Crippen molar-refractivity contribution in [1.82, 2.24) is 0 Å². The summed E-state index contributed by atoms with van der Waals surface area (Å²) in [7, 11) is 0. The Bertz CT molecular complexity index is 1400. The number of carbonyl (C=O) groups is 1. The molecule has 35 heavy (non-hydrogen) atoms. The molecule has 9 heteroatoms. The van der Waals surface area contributed by atoms with Crippen LogP contribution >= 0.6 is 11.3 Å². The lowest BCUT2D eigenvalue weighted by molar-refractivity contribution is -0.384. The highest BCUT2D eigenvalue weighted by Crippen LogP contribution is 2.50. The smallest absolute Gasteiger partial charge is 0.269 e. The zero-order chi connectivity index (χ0) is 24.7. The molecular weight excluding hydrogens is 462 g/mol. The molecule has 0 saturated heterocycles. The third-order valence-electron chi connectivity index (χ3n) is 7.05. The maximum atomic E-state index is 13.3. The lowest BCUT2D eigenvalue weighted by Crippen LogP contribution is -2.38. The number of nitro groups is 1. The maximum Gasteiger partial charge on any atom is 0.269 e. The van der Waals surface area contributed by atoms with Crippen LogP contribution in [0.5, 0.6) is 0 Å². The molecule has 0 saturated carbocycles. The largest absolute Gasteiger partial charge is 0.384 e. The number of nitrogens with zero attached hydrogens (tertiary/aromatic N) is 4. The van der Waals surface area contributed by atoms with Crippen LogP contribution in [0.2, 0.25) is 0 Å². The van der Waals surface area contributed by atoms with Crippen molar-refractivity contribution in [2.45, 2.75) is 57.3 Å². The molecule has 5 rings (SSSR count). The highest BCUT2D eigenvalue weighted by molar-refractivity contribution is 7.16. The first-order chi connectivity index (χ1) is 17.0. The summed E-state index contributed by atoms with van der Waals surface area (Å²) < 4.78 is 0. The first-order valence-corrected chi connectivity index (χ1v) is 12.5. The van der Waals surface area contributed by atoms with Crippen LogP contribution in [0.25, 0.3) is 0 Å². The number of fused-ring (bicyclic) bond motifs is 1. The second-order valence-corrected chi connectivity index (χ2v) is 10.1. The van der Waals surface area contributed by atoms with Gasteiger partial charge in [0, 0.05) is 34.7 Å². The van der Waals surface area contributed by atoms with E-state index in [1.54, 1.807) is 17.0 Å². The fraction of sp³-hybridized carbons (Fsp3) is 0.346. The number of nitro benzene ring substituents is 1. The molecule has 2 aromatic rings. The lowest BCUT2D eigenvalue weighted by atomic mass is 9.75. The van der Waals surface area contributed by atoms with Gasteiger partial charge in [0.25, 0.3) is 5.69 Å². The number of aryl methyl sites for hydroxylation is 1. The minimum atomic E-state index is -0.776. The van der Waals surface area contributed by atoms with E-state index in [9.17, 15) is 25.4 Å². The summed E-state index contributed by atoms with van der Waals surface area (Å²) >= 11 is 1.53. The summed E-state index contributed by atoms with van der Waals surface area (Å²) in [6.45, 7) is 0. The zero-order valence-corrected chi connectivity index (χ0v) is 19.9. The molecule has 8 nitrogen and oxygen atoms in total. The highest BCUT2D eigenvalue weighted by atomic mass is 32.1. The predicted molar refractivity (Wildman–Crippen MR) is 131 cm³/mol. The van der Waals surface area contributed by atoms with E-state index >= 15 is 0 Å². The Morgan fingerprint density at radius 3 is 2.63 bits per heavy atom. The lowest BCUT2D eigenvalue weighted by Gasteiger charge is -2.39. The van der Waals surface area contributed by atoms with Gasteiger partial charge in [0.15, 0.2) is 5.78 Å². The van der Waals surface area contributed by atoms with Crippen molar-refractivity contribution in [2.75, 3.05) is 4.90 Å². The first-order valence-electron chi connectivity index (χ1n) is 11.7.